The van der Waals surface area contributed by atoms with Crippen molar-refractivity contribution in [2.24, 2.45) is 0 Å². The van der Waals surface area contributed by atoms with Crippen LogP contribution in [0.3, 0.4) is 0 Å². The third kappa shape index (κ3) is 5.03. The Morgan fingerprint density at radius 3 is 1.78 bits per heavy atom. The third-order valence-electron chi connectivity index (χ3n) is 2.53. The molecule has 1 aromatic carbocycles. The van der Waals surface area contributed by atoms with Crippen LogP contribution in [0.25, 0.3) is 0 Å². The Balaban J connectivity index is 0.00000137. The summed E-state index contributed by atoms with van der Waals surface area (Å²) in [6.45, 7) is 9.52. The van der Waals surface area contributed by atoms with Gasteiger partial charge in [-0.05, 0) is 35.1 Å². The van der Waals surface area contributed by atoms with Gasteiger partial charge in [-0.3, -0.25) is 0 Å². The molecule has 0 saturated carbocycles. The molecule has 18 heavy (non-hydrogen) atoms. The number of alkyl halides is 2. The molecule has 0 atom stereocenters. The van der Waals surface area contributed by atoms with E-state index in [4.69, 9.17) is 0 Å². The molecule has 0 heterocycles. The van der Waals surface area contributed by atoms with E-state index in [9.17, 15) is 8.78 Å². The van der Waals surface area contributed by atoms with Gasteiger partial charge in [0.2, 0.25) is 0 Å². The zero-order valence-corrected chi connectivity index (χ0v) is 12.1. The van der Waals surface area contributed by atoms with Crippen LogP contribution in [0.15, 0.2) is 18.2 Å². The molecule has 0 radical (unpaired) electrons. The van der Waals surface area contributed by atoms with E-state index in [0.717, 1.165) is 5.56 Å². The quantitative estimate of drug-likeness (QED) is 0.687. The Hall–Kier alpha value is -1.12. The van der Waals surface area contributed by atoms with Gasteiger partial charge in [0.1, 0.15) is 5.75 Å². The van der Waals surface area contributed by atoms with Crippen LogP contribution in [-0.4, -0.2) is 6.61 Å². The van der Waals surface area contributed by atoms with Gasteiger partial charge in [-0.25, -0.2) is 0 Å². The Bertz CT molecular complexity index is 346. The van der Waals surface area contributed by atoms with Crippen LogP contribution in [0, 0.1) is 0 Å². The number of hydrogen-bond donors (Lipinski definition) is 0. The predicted octanol–water partition coefficient (Wildman–Crippen LogP) is 5.56. The number of rotatable bonds is 4. The van der Waals surface area contributed by atoms with Crippen LogP contribution in [0.2, 0.25) is 0 Å². The fourth-order valence-corrected chi connectivity index (χ4v) is 1.75. The average molecular weight is 258 g/mol. The lowest BCUT2D eigenvalue weighted by Gasteiger charge is -2.17. The van der Waals surface area contributed by atoms with E-state index >= 15 is 0 Å². The second-order valence-electron chi connectivity index (χ2n) is 4.48. The molecule has 1 nitrogen and oxygen atoms in total. The van der Waals surface area contributed by atoms with Crippen LogP contribution < -0.4 is 4.74 Å². The van der Waals surface area contributed by atoms with Gasteiger partial charge in [-0.1, -0.05) is 47.6 Å². The molecule has 0 saturated heterocycles. The van der Waals surface area contributed by atoms with Crippen molar-refractivity contribution >= 4 is 0 Å². The summed E-state index contributed by atoms with van der Waals surface area (Å²) >= 11 is 0. The highest BCUT2D eigenvalue weighted by atomic mass is 19.3. The molecule has 0 aromatic heterocycles. The van der Waals surface area contributed by atoms with Crippen LogP contribution in [0.1, 0.15) is 64.5 Å². The monoisotopic (exact) mass is 258 g/mol. The molecule has 1 aromatic rings. The Kier molecular flexibility index (Phi) is 7.56. The number of ether oxygens (including phenoxy) is 1. The lowest BCUT2D eigenvalue weighted by atomic mass is 9.90. The van der Waals surface area contributed by atoms with Gasteiger partial charge in [0.05, 0.1) is 0 Å². The molecule has 0 spiro atoms. The first-order valence-corrected chi connectivity index (χ1v) is 6.50. The standard InChI is InChI=1S/C13H18F2O.C2H6/c1-8(2)11-6-5-10(16-13(14)15)7-12(11)9(3)4;1-2/h5-9,13H,1-4H3;1-2H3. The van der Waals surface area contributed by atoms with Crippen molar-refractivity contribution < 1.29 is 13.5 Å². The van der Waals surface area contributed by atoms with E-state index in [1.807, 2.05) is 33.8 Å². The summed E-state index contributed by atoms with van der Waals surface area (Å²) in [6, 6.07) is 5.19. The fourth-order valence-electron chi connectivity index (χ4n) is 1.75. The van der Waals surface area contributed by atoms with Crippen molar-refractivity contribution in [3.05, 3.63) is 29.3 Å². The molecule has 0 aliphatic carbocycles. The summed E-state index contributed by atoms with van der Waals surface area (Å²) in [5.41, 5.74) is 2.27. The SMILES string of the molecule is CC.CC(C)c1ccc(OC(F)F)cc1C(C)C. The van der Waals surface area contributed by atoms with Gasteiger partial charge in [0.15, 0.2) is 0 Å². The Morgan fingerprint density at radius 2 is 1.39 bits per heavy atom. The second kappa shape index (κ2) is 8.06. The van der Waals surface area contributed by atoms with Gasteiger partial charge < -0.3 is 4.74 Å². The molecule has 0 amide bonds. The van der Waals surface area contributed by atoms with Crippen molar-refractivity contribution in [1.82, 2.24) is 0 Å². The second-order valence-corrected chi connectivity index (χ2v) is 4.48. The highest BCUT2D eigenvalue weighted by molar-refractivity contribution is 5.39. The summed E-state index contributed by atoms with van der Waals surface area (Å²) in [6.07, 6.45) is 0. The van der Waals surface area contributed by atoms with E-state index in [0.29, 0.717) is 11.8 Å². The van der Waals surface area contributed by atoms with Gasteiger partial charge in [-0.2, -0.15) is 8.78 Å². The Morgan fingerprint density at radius 1 is 0.889 bits per heavy atom. The molecular formula is C15H24F2O. The van der Waals surface area contributed by atoms with Gasteiger partial charge in [-0.15, -0.1) is 0 Å². The van der Waals surface area contributed by atoms with Crippen molar-refractivity contribution in [3.8, 4) is 5.75 Å². The molecule has 1 rings (SSSR count). The molecule has 0 unspecified atom stereocenters. The lowest BCUT2D eigenvalue weighted by molar-refractivity contribution is -0.0499. The predicted molar refractivity (Wildman–Crippen MR) is 72.6 cm³/mol. The summed E-state index contributed by atoms with van der Waals surface area (Å²) < 4.78 is 28.6. The zero-order chi connectivity index (χ0) is 14.3. The highest BCUT2D eigenvalue weighted by Crippen LogP contribution is 2.30. The lowest BCUT2D eigenvalue weighted by Crippen LogP contribution is -2.04. The zero-order valence-electron chi connectivity index (χ0n) is 12.1. The molecule has 0 bridgehead atoms. The van der Waals surface area contributed by atoms with Gasteiger partial charge in [0, 0.05) is 0 Å². The molecule has 104 valence electrons. The summed E-state index contributed by atoms with van der Waals surface area (Å²) in [5, 5.41) is 0. The fraction of sp³-hybridized carbons (Fsp3) is 0.600. The van der Waals surface area contributed by atoms with Crippen LogP contribution in [0.5, 0.6) is 5.75 Å². The minimum absolute atomic E-state index is 0.239. The molecule has 3 heteroatoms. The van der Waals surface area contributed by atoms with E-state index < -0.39 is 6.61 Å². The average Bonchev–Trinajstić information content (AvgIpc) is 2.30. The van der Waals surface area contributed by atoms with Crippen molar-refractivity contribution in [1.29, 1.82) is 0 Å². The third-order valence-corrected chi connectivity index (χ3v) is 2.53. The highest BCUT2D eigenvalue weighted by Gasteiger charge is 2.12. The molecule has 0 aliphatic heterocycles. The van der Waals surface area contributed by atoms with Crippen LogP contribution >= 0.6 is 0 Å². The van der Waals surface area contributed by atoms with Crippen LogP contribution in [0.4, 0.5) is 8.78 Å². The first-order valence-electron chi connectivity index (χ1n) is 6.50. The molecular weight excluding hydrogens is 234 g/mol. The van der Waals surface area contributed by atoms with Crippen LogP contribution in [-0.2, 0) is 0 Å². The van der Waals surface area contributed by atoms with Gasteiger partial charge in [0.25, 0.3) is 0 Å². The minimum atomic E-state index is -2.76. The van der Waals surface area contributed by atoms with E-state index in [2.05, 4.69) is 18.6 Å². The maximum Gasteiger partial charge on any atom is 0.387 e. The first kappa shape index (κ1) is 16.9. The molecule has 0 aliphatic rings. The number of benzene rings is 1. The smallest absolute Gasteiger partial charge is 0.387 e. The summed E-state index contributed by atoms with van der Waals surface area (Å²) in [5.74, 6) is 0.930. The van der Waals surface area contributed by atoms with E-state index in [1.165, 1.54) is 5.56 Å². The molecule has 0 fully saturated rings. The first-order chi connectivity index (χ1) is 8.41. The summed E-state index contributed by atoms with van der Waals surface area (Å²) in [7, 11) is 0. The topological polar surface area (TPSA) is 9.23 Å². The van der Waals surface area contributed by atoms with Crippen molar-refractivity contribution in [2.45, 2.75) is 60.0 Å². The largest absolute Gasteiger partial charge is 0.435 e. The summed E-state index contributed by atoms with van der Waals surface area (Å²) in [4.78, 5) is 0. The van der Waals surface area contributed by atoms with E-state index in [-0.39, 0.29) is 5.75 Å². The van der Waals surface area contributed by atoms with Crippen molar-refractivity contribution in [2.75, 3.05) is 0 Å². The maximum atomic E-state index is 12.1. The maximum absolute atomic E-state index is 12.1. The number of halogens is 2. The van der Waals surface area contributed by atoms with Crippen molar-refractivity contribution in [3.63, 3.8) is 0 Å². The van der Waals surface area contributed by atoms with Gasteiger partial charge >= 0.3 is 6.61 Å². The Labute approximate surface area is 109 Å². The minimum Gasteiger partial charge on any atom is -0.435 e. The normalized spacial score (nSPS) is 10.6. The number of hydrogen-bond acceptors (Lipinski definition) is 1. The molecule has 0 N–H and O–H groups in total. The van der Waals surface area contributed by atoms with E-state index in [1.54, 1.807) is 12.1 Å².